The van der Waals surface area contributed by atoms with Crippen molar-refractivity contribution < 1.29 is 22.7 Å². The van der Waals surface area contributed by atoms with Gasteiger partial charge in [-0.25, -0.2) is 17.9 Å². The molecule has 0 spiro atoms. The second-order valence-electron chi connectivity index (χ2n) is 6.19. The average molecular weight is 368 g/mol. The number of carbonyl (C=O) groups is 2. The van der Waals surface area contributed by atoms with Gasteiger partial charge in [-0.15, -0.1) is 0 Å². The van der Waals surface area contributed by atoms with Crippen LogP contribution < -0.4 is 4.72 Å². The first-order chi connectivity index (χ1) is 11.8. The molecule has 1 unspecified atom stereocenters. The molecule has 1 heterocycles. The lowest BCUT2D eigenvalue weighted by Crippen LogP contribution is -2.38. The van der Waals surface area contributed by atoms with Gasteiger partial charge < -0.3 is 9.64 Å². The lowest BCUT2D eigenvalue weighted by atomic mass is 10.1. The maximum absolute atomic E-state index is 12.2. The van der Waals surface area contributed by atoms with Gasteiger partial charge in [-0.05, 0) is 43.9 Å². The number of esters is 1. The van der Waals surface area contributed by atoms with E-state index in [1.54, 1.807) is 36.1 Å². The van der Waals surface area contributed by atoms with E-state index >= 15 is 0 Å². The van der Waals surface area contributed by atoms with Crippen LogP contribution in [0.5, 0.6) is 0 Å². The Hall–Kier alpha value is -1.93. The Balaban J connectivity index is 1.86. The van der Waals surface area contributed by atoms with E-state index in [1.165, 1.54) is 0 Å². The Labute approximate surface area is 148 Å². The van der Waals surface area contributed by atoms with Crippen LogP contribution in [-0.4, -0.2) is 57.2 Å². The smallest absolute Gasteiger partial charge is 0.338 e. The van der Waals surface area contributed by atoms with E-state index in [4.69, 9.17) is 4.74 Å². The zero-order valence-corrected chi connectivity index (χ0v) is 15.3. The zero-order chi connectivity index (χ0) is 18.4. The van der Waals surface area contributed by atoms with Gasteiger partial charge in [-0.1, -0.05) is 12.1 Å². The van der Waals surface area contributed by atoms with Crippen LogP contribution in [0, 0.1) is 0 Å². The summed E-state index contributed by atoms with van der Waals surface area (Å²) in [7, 11) is -3.20. The Morgan fingerprint density at radius 3 is 2.36 bits per heavy atom. The van der Waals surface area contributed by atoms with Crippen molar-refractivity contribution in [3.8, 4) is 0 Å². The molecule has 1 N–H and O–H groups in total. The number of hydrogen-bond acceptors (Lipinski definition) is 5. The van der Waals surface area contributed by atoms with Crippen LogP contribution in [-0.2, 0) is 26.0 Å². The zero-order valence-electron chi connectivity index (χ0n) is 14.5. The quantitative estimate of drug-likeness (QED) is 0.723. The third-order valence-electron chi connectivity index (χ3n) is 4.02. The third-order valence-corrected chi connectivity index (χ3v) is 4.75. The maximum atomic E-state index is 12.2. The number of hydrogen-bond donors (Lipinski definition) is 1. The summed E-state index contributed by atoms with van der Waals surface area (Å²) in [6.45, 7) is 3.32. The Kier molecular flexibility index (Phi) is 6.55. The Morgan fingerprint density at radius 2 is 1.80 bits per heavy atom. The third kappa shape index (κ3) is 6.13. The molecule has 1 fully saturated rings. The first-order valence-electron chi connectivity index (χ1n) is 8.29. The van der Waals surface area contributed by atoms with Crippen molar-refractivity contribution in [3.05, 3.63) is 35.4 Å². The molecule has 0 aliphatic carbocycles. The molecule has 2 rings (SSSR count). The van der Waals surface area contributed by atoms with Gasteiger partial charge in [0.1, 0.15) is 0 Å². The average Bonchev–Trinajstić information content (AvgIpc) is 3.07. The van der Waals surface area contributed by atoms with Crippen molar-refractivity contribution in [2.75, 3.05) is 25.9 Å². The van der Waals surface area contributed by atoms with Crippen LogP contribution in [0.15, 0.2) is 24.3 Å². The molecule has 0 radical (unpaired) electrons. The monoisotopic (exact) mass is 368 g/mol. The number of carbonyl (C=O) groups excluding carboxylic acids is 2. The predicted molar refractivity (Wildman–Crippen MR) is 93.7 cm³/mol. The summed E-state index contributed by atoms with van der Waals surface area (Å²) in [6, 6.07) is 6.72. The van der Waals surface area contributed by atoms with Gasteiger partial charge in [0.05, 0.1) is 11.8 Å². The topological polar surface area (TPSA) is 92.8 Å². The Bertz CT molecular complexity index is 709. The van der Waals surface area contributed by atoms with E-state index in [0.29, 0.717) is 18.5 Å². The first-order valence-corrected chi connectivity index (χ1v) is 10.2. The fourth-order valence-electron chi connectivity index (χ4n) is 2.66. The molecule has 25 heavy (non-hydrogen) atoms. The highest BCUT2D eigenvalue weighted by atomic mass is 32.2. The number of likely N-dealkylation sites (tertiary alicyclic amines) is 1. The number of nitrogens with one attached hydrogen (secondary N) is 1. The fraction of sp³-hybridized carbons (Fsp3) is 0.529. The SMILES string of the molecule is CC(OC(=O)c1ccc(CCNS(C)(=O)=O)cc1)C(=O)N1CCCC1. The highest BCUT2D eigenvalue weighted by molar-refractivity contribution is 7.88. The van der Waals surface area contributed by atoms with E-state index in [-0.39, 0.29) is 5.91 Å². The fourth-order valence-corrected chi connectivity index (χ4v) is 3.13. The maximum Gasteiger partial charge on any atom is 0.338 e. The molecule has 1 amide bonds. The minimum absolute atomic E-state index is 0.158. The first kappa shape index (κ1) is 19.4. The highest BCUT2D eigenvalue weighted by Gasteiger charge is 2.26. The lowest BCUT2D eigenvalue weighted by molar-refractivity contribution is -0.138. The molecule has 1 aliphatic rings. The molecule has 0 saturated carbocycles. The molecule has 1 aliphatic heterocycles. The van der Waals surface area contributed by atoms with Gasteiger partial charge in [0.2, 0.25) is 10.0 Å². The Morgan fingerprint density at radius 1 is 1.20 bits per heavy atom. The minimum atomic E-state index is -3.20. The summed E-state index contributed by atoms with van der Waals surface area (Å²) in [5.74, 6) is -0.699. The second kappa shape index (κ2) is 8.44. The van der Waals surface area contributed by atoms with Crippen molar-refractivity contribution in [2.24, 2.45) is 0 Å². The molecular weight excluding hydrogens is 344 g/mol. The molecule has 1 atom stereocenters. The molecular formula is C17H24N2O5S. The van der Waals surface area contributed by atoms with Gasteiger partial charge in [0.15, 0.2) is 6.10 Å². The van der Waals surface area contributed by atoms with Gasteiger partial charge in [-0.3, -0.25) is 4.79 Å². The standard InChI is InChI=1S/C17H24N2O5S/c1-13(16(20)19-11-3-4-12-19)24-17(21)15-7-5-14(6-8-15)9-10-18-25(2,22)23/h5-8,13,18H,3-4,9-12H2,1-2H3. The van der Waals surface area contributed by atoms with E-state index in [9.17, 15) is 18.0 Å². The number of benzene rings is 1. The van der Waals surface area contributed by atoms with Crippen LogP contribution in [0.2, 0.25) is 0 Å². The van der Waals surface area contributed by atoms with Gasteiger partial charge >= 0.3 is 5.97 Å². The van der Waals surface area contributed by atoms with Crippen molar-refractivity contribution in [2.45, 2.75) is 32.3 Å². The summed E-state index contributed by atoms with van der Waals surface area (Å²) >= 11 is 0. The van der Waals surface area contributed by atoms with Gasteiger partial charge in [0, 0.05) is 19.6 Å². The summed E-state index contributed by atoms with van der Waals surface area (Å²) in [5.41, 5.74) is 1.26. The largest absolute Gasteiger partial charge is 0.449 e. The number of sulfonamides is 1. The molecule has 138 valence electrons. The predicted octanol–water partition coefficient (Wildman–Crippen LogP) is 0.946. The molecule has 1 aromatic carbocycles. The van der Waals surface area contributed by atoms with E-state index < -0.39 is 22.1 Å². The van der Waals surface area contributed by atoms with Crippen molar-refractivity contribution in [1.82, 2.24) is 9.62 Å². The van der Waals surface area contributed by atoms with Gasteiger partial charge in [0.25, 0.3) is 5.91 Å². The summed E-state index contributed by atoms with van der Waals surface area (Å²) in [5, 5.41) is 0. The van der Waals surface area contributed by atoms with Crippen LogP contribution in [0.3, 0.4) is 0 Å². The molecule has 7 nitrogen and oxygen atoms in total. The molecule has 1 aromatic rings. The van der Waals surface area contributed by atoms with Crippen molar-refractivity contribution >= 4 is 21.9 Å². The summed E-state index contributed by atoms with van der Waals surface area (Å²) < 4.78 is 29.7. The molecule has 0 aromatic heterocycles. The molecule has 0 bridgehead atoms. The number of ether oxygens (including phenoxy) is 1. The molecule has 8 heteroatoms. The molecule has 1 saturated heterocycles. The summed E-state index contributed by atoms with van der Waals surface area (Å²) in [6.07, 6.45) is 2.80. The highest BCUT2D eigenvalue weighted by Crippen LogP contribution is 2.12. The minimum Gasteiger partial charge on any atom is -0.449 e. The lowest BCUT2D eigenvalue weighted by Gasteiger charge is -2.20. The van der Waals surface area contributed by atoms with Gasteiger partial charge in [-0.2, -0.15) is 0 Å². The van der Waals surface area contributed by atoms with Crippen LogP contribution in [0.25, 0.3) is 0 Å². The van der Waals surface area contributed by atoms with E-state index in [0.717, 1.165) is 37.8 Å². The second-order valence-corrected chi connectivity index (χ2v) is 8.03. The van der Waals surface area contributed by atoms with Crippen molar-refractivity contribution in [1.29, 1.82) is 0 Å². The van der Waals surface area contributed by atoms with E-state index in [2.05, 4.69) is 4.72 Å². The summed E-state index contributed by atoms with van der Waals surface area (Å²) in [4.78, 5) is 26.0. The van der Waals surface area contributed by atoms with E-state index in [1.807, 2.05) is 0 Å². The van der Waals surface area contributed by atoms with Crippen LogP contribution >= 0.6 is 0 Å². The van der Waals surface area contributed by atoms with Crippen LogP contribution in [0.4, 0.5) is 0 Å². The van der Waals surface area contributed by atoms with Crippen LogP contribution in [0.1, 0.15) is 35.7 Å². The van der Waals surface area contributed by atoms with Crippen molar-refractivity contribution in [3.63, 3.8) is 0 Å². The number of amides is 1. The normalized spacial score (nSPS) is 15.8. The number of nitrogens with zero attached hydrogens (tertiary/aromatic N) is 1. The number of rotatable bonds is 7.